The Morgan fingerprint density at radius 2 is 2.04 bits per heavy atom. The normalized spacial score (nSPS) is 19.9. The van der Waals surface area contributed by atoms with Gasteiger partial charge in [-0.25, -0.2) is 9.07 Å². The van der Waals surface area contributed by atoms with Gasteiger partial charge >= 0.3 is 0 Å². The van der Waals surface area contributed by atoms with E-state index in [2.05, 4.69) is 18.9 Å². The SMILES string of the molecule is Cc1cc(C)n(-c2ccc(C(=O)N3CCC(N)C(C)(C)C3)cc2F)n1. The highest BCUT2D eigenvalue weighted by Crippen LogP contribution is 2.29. The summed E-state index contributed by atoms with van der Waals surface area (Å²) in [4.78, 5) is 14.5. The molecule has 5 nitrogen and oxygen atoms in total. The van der Waals surface area contributed by atoms with Crippen LogP contribution in [0.2, 0.25) is 0 Å². The molecule has 0 spiro atoms. The van der Waals surface area contributed by atoms with Gasteiger partial charge in [0.2, 0.25) is 0 Å². The Kier molecular flexibility index (Phi) is 4.41. The summed E-state index contributed by atoms with van der Waals surface area (Å²) in [6.07, 6.45) is 0.755. The molecule has 2 heterocycles. The molecule has 2 N–H and O–H groups in total. The summed E-state index contributed by atoms with van der Waals surface area (Å²) in [6, 6.07) is 6.54. The Bertz CT molecular complexity index is 812. The van der Waals surface area contributed by atoms with Crippen molar-refractivity contribution in [1.82, 2.24) is 14.7 Å². The molecule has 0 bridgehead atoms. The van der Waals surface area contributed by atoms with Crippen molar-refractivity contribution in [3.8, 4) is 5.69 Å². The van der Waals surface area contributed by atoms with Crippen LogP contribution in [0.25, 0.3) is 5.69 Å². The maximum Gasteiger partial charge on any atom is 0.253 e. The minimum Gasteiger partial charge on any atom is -0.338 e. The molecule has 3 rings (SSSR count). The molecule has 1 aromatic heterocycles. The van der Waals surface area contributed by atoms with E-state index in [1.165, 1.54) is 6.07 Å². The summed E-state index contributed by atoms with van der Waals surface area (Å²) in [6.45, 7) is 9.03. The second-order valence-electron chi connectivity index (χ2n) is 7.62. The number of hydrogen-bond donors (Lipinski definition) is 1. The van der Waals surface area contributed by atoms with E-state index in [-0.39, 0.29) is 17.4 Å². The summed E-state index contributed by atoms with van der Waals surface area (Å²) in [7, 11) is 0. The smallest absolute Gasteiger partial charge is 0.253 e. The van der Waals surface area contributed by atoms with Crippen LogP contribution in [-0.2, 0) is 0 Å². The molecular weight excluding hydrogens is 319 g/mol. The quantitative estimate of drug-likeness (QED) is 0.911. The number of benzene rings is 1. The molecule has 2 aromatic rings. The van der Waals surface area contributed by atoms with Gasteiger partial charge in [-0.15, -0.1) is 0 Å². The van der Waals surface area contributed by atoms with Crippen LogP contribution >= 0.6 is 0 Å². The number of likely N-dealkylation sites (tertiary alicyclic amines) is 1. The molecular formula is C19H25FN4O. The van der Waals surface area contributed by atoms with E-state index in [1.807, 2.05) is 19.9 Å². The van der Waals surface area contributed by atoms with Crippen LogP contribution in [-0.4, -0.2) is 39.7 Å². The molecule has 25 heavy (non-hydrogen) atoms. The number of nitrogens with two attached hydrogens (primary N) is 1. The first-order valence-corrected chi connectivity index (χ1v) is 8.57. The van der Waals surface area contributed by atoms with Crippen molar-refractivity contribution < 1.29 is 9.18 Å². The summed E-state index contributed by atoms with van der Waals surface area (Å²) in [5, 5.41) is 4.30. The molecule has 1 aromatic carbocycles. The third kappa shape index (κ3) is 3.31. The number of carbonyl (C=O) groups excluding carboxylic acids is 1. The Morgan fingerprint density at radius 3 is 2.60 bits per heavy atom. The van der Waals surface area contributed by atoms with Crippen LogP contribution < -0.4 is 5.73 Å². The van der Waals surface area contributed by atoms with Crippen molar-refractivity contribution in [2.45, 2.75) is 40.2 Å². The van der Waals surface area contributed by atoms with Crippen LogP contribution in [0.15, 0.2) is 24.3 Å². The van der Waals surface area contributed by atoms with Gasteiger partial charge in [0.25, 0.3) is 5.91 Å². The average Bonchev–Trinajstić information content (AvgIpc) is 2.87. The highest BCUT2D eigenvalue weighted by Gasteiger charge is 2.35. The monoisotopic (exact) mass is 344 g/mol. The Morgan fingerprint density at radius 1 is 1.32 bits per heavy atom. The van der Waals surface area contributed by atoms with Crippen molar-refractivity contribution in [2.75, 3.05) is 13.1 Å². The zero-order valence-electron chi connectivity index (χ0n) is 15.2. The van der Waals surface area contributed by atoms with Gasteiger partial charge in [-0.2, -0.15) is 5.10 Å². The van der Waals surface area contributed by atoms with Crippen molar-refractivity contribution in [3.05, 3.63) is 47.0 Å². The molecule has 1 aliphatic heterocycles. The molecule has 1 saturated heterocycles. The molecule has 1 unspecified atom stereocenters. The van der Waals surface area contributed by atoms with Gasteiger partial charge < -0.3 is 10.6 Å². The zero-order chi connectivity index (χ0) is 18.4. The average molecular weight is 344 g/mol. The summed E-state index contributed by atoms with van der Waals surface area (Å²) in [5.74, 6) is -0.608. The van der Waals surface area contributed by atoms with Crippen LogP contribution in [0, 0.1) is 25.1 Å². The van der Waals surface area contributed by atoms with Crippen molar-refractivity contribution >= 4 is 5.91 Å². The van der Waals surface area contributed by atoms with E-state index in [4.69, 9.17) is 5.73 Å². The topological polar surface area (TPSA) is 64.2 Å². The van der Waals surface area contributed by atoms with E-state index in [1.54, 1.807) is 21.7 Å². The van der Waals surface area contributed by atoms with E-state index in [9.17, 15) is 9.18 Å². The molecule has 1 aliphatic rings. The first-order valence-electron chi connectivity index (χ1n) is 8.57. The fraction of sp³-hybridized carbons (Fsp3) is 0.474. The third-order valence-electron chi connectivity index (χ3n) is 5.03. The van der Waals surface area contributed by atoms with E-state index >= 15 is 0 Å². The maximum absolute atomic E-state index is 14.6. The fourth-order valence-corrected chi connectivity index (χ4v) is 3.41. The number of piperidine rings is 1. The second-order valence-corrected chi connectivity index (χ2v) is 7.62. The summed E-state index contributed by atoms with van der Waals surface area (Å²) in [5.41, 5.74) is 8.37. The third-order valence-corrected chi connectivity index (χ3v) is 5.03. The lowest BCUT2D eigenvalue weighted by Gasteiger charge is -2.42. The predicted octanol–water partition coefficient (Wildman–Crippen LogP) is 2.83. The lowest BCUT2D eigenvalue weighted by molar-refractivity contribution is 0.0532. The highest BCUT2D eigenvalue weighted by molar-refractivity contribution is 5.94. The lowest BCUT2D eigenvalue weighted by Crippen LogP contribution is -2.54. The van der Waals surface area contributed by atoms with Gasteiger partial charge in [0.1, 0.15) is 11.5 Å². The molecule has 0 aliphatic carbocycles. The summed E-state index contributed by atoms with van der Waals surface area (Å²) >= 11 is 0. The number of nitrogens with zero attached hydrogens (tertiary/aromatic N) is 3. The van der Waals surface area contributed by atoms with Gasteiger partial charge in [0.15, 0.2) is 0 Å². The Hall–Kier alpha value is -2.21. The Balaban J connectivity index is 1.86. The number of aryl methyl sites for hydroxylation is 2. The molecule has 134 valence electrons. The number of aromatic nitrogens is 2. The number of rotatable bonds is 2. The van der Waals surface area contributed by atoms with Crippen molar-refractivity contribution in [3.63, 3.8) is 0 Å². The number of carbonyl (C=O) groups is 1. The molecule has 0 radical (unpaired) electrons. The standard InChI is InChI=1S/C19H25FN4O/c1-12-9-13(2)24(22-12)16-6-5-14(10-15(16)20)18(25)23-8-7-17(21)19(3,4)11-23/h5-6,9-10,17H,7-8,11,21H2,1-4H3. The maximum atomic E-state index is 14.6. The molecule has 1 fully saturated rings. The van der Waals surface area contributed by atoms with Crippen LogP contribution in [0.3, 0.4) is 0 Å². The van der Waals surface area contributed by atoms with Gasteiger partial charge in [0, 0.05) is 30.4 Å². The van der Waals surface area contributed by atoms with E-state index in [0.717, 1.165) is 17.8 Å². The van der Waals surface area contributed by atoms with Crippen molar-refractivity contribution in [2.24, 2.45) is 11.1 Å². The molecule has 1 atom stereocenters. The second kappa shape index (κ2) is 6.26. The minimum atomic E-state index is -0.454. The highest BCUT2D eigenvalue weighted by atomic mass is 19.1. The largest absolute Gasteiger partial charge is 0.338 e. The van der Waals surface area contributed by atoms with E-state index < -0.39 is 5.82 Å². The Labute approximate surface area is 147 Å². The van der Waals surface area contributed by atoms with Crippen LogP contribution in [0.4, 0.5) is 4.39 Å². The van der Waals surface area contributed by atoms with Gasteiger partial charge in [-0.1, -0.05) is 13.8 Å². The van der Waals surface area contributed by atoms with Gasteiger partial charge in [-0.3, -0.25) is 4.79 Å². The molecule has 1 amide bonds. The van der Waals surface area contributed by atoms with E-state index in [0.29, 0.717) is 24.3 Å². The minimum absolute atomic E-state index is 0.0710. The predicted molar refractivity (Wildman–Crippen MR) is 95.3 cm³/mol. The number of amides is 1. The fourth-order valence-electron chi connectivity index (χ4n) is 3.41. The van der Waals surface area contributed by atoms with Gasteiger partial charge in [0.05, 0.1) is 5.69 Å². The van der Waals surface area contributed by atoms with Crippen LogP contribution in [0.5, 0.6) is 0 Å². The molecule has 0 saturated carbocycles. The van der Waals surface area contributed by atoms with Crippen molar-refractivity contribution in [1.29, 1.82) is 0 Å². The van der Waals surface area contributed by atoms with Gasteiger partial charge in [-0.05, 0) is 49.9 Å². The summed E-state index contributed by atoms with van der Waals surface area (Å²) < 4.78 is 16.2. The number of halogens is 1. The van der Waals surface area contributed by atoms with Crippen LogP contribution in [0.1, 0.15) is 42.0 Å². The zero-order valence-corrected chi connectivity index (χ0v) is 15.2. The number of hydrogen-bond acceptors (Lipinski definition) is 3. The molecule has 6 heteroatoms. The first-order chi connectivity index (χ1) is 11.7. The lowest BCUT2D eigenvalue weighted by atomic mass is 9.79. The first kappa shape index (κ1) is 17.6.